The van der Waals surface area contributed by atoms with E-state index < -0.39 is 0 Å². The number of hydrogen-bond donors (Lipinski definition) is 1. The smallest absolute Gasteiger partial charge is 0.255 e. The Hall–Kier alpha value is -2.84. The van der Waals surface area contributed by atoms with Crippen LogP contribution in [0.5, 0.6) is 0 Å². The molecule has 0 radical (unpaired) electrons. The molecule has 1 atom stereocenters. The molecule has 2 aromatic rings. The number of nitrogens with zero attached hydrogens (tertiary/aromatic N) is 2. The Kier molecular flexibility index (Phi) is 5.32. The van der Waals surface area contributed by atoms with Crippen LogP contribution in [0.1, 0.15) is 28.8 Å². The van der Waals surface area contributed by atoms with Gasteiger partial charge in [0, 0.05) is 37.1 Å². The third kappa shape index (κ3) is 4.17. The summed E-state index contributed by atoms with van der Waals surface area (Å²) in [7, 11) is 1.76. The van der Waals surface area contributed by atoms with Crippen LogP contribution in [0.25, 0.3) is 0 Å². The van der Waals surface area contributed by atoms with Gasteiger partial charge < -0.3 is 15.0 Å². The normalized spacial score (nSPS) is 17.0. The van der Waals surface area contributed by atoms with Crippen molar-refractivity contribution in [3.8, 4) is 6.07 Å². The maximum absolute atomic E-state index is 12.3. The highest BCUT2D eigenvalue weighted by Crippen LogP contribution is 2.23. The summed E-state index contributed by atoms with van der Waals surface area (Å²) < 4.78 is 5.47. The van der Waals surface area contributed by atoms with E-state index in [-0.39, 0.29) is 12.0 Å². The second-order valence-corrected chi connectivity index (χ2v) is 6.14. The van der Waals surface area contributed by atoms with Gasteiger partial charge in [-0.15, -0.1) is 0 Å². The van der Waals surface area contributed by atoms with Crippen molar-refractivity contribution in [1.82, 2.24) is 0 Å². The Labute approximate surface area is 147 Å². The zero-order valence-corrected chi connectivity index (χ0v) is 14.2. The topological polar surface area (TPSA) is 65.4 Å². The van der Waals surface area contributed by atoms with Crippen molar-refractivity contribution in [2.45, 2.75) is 18.9 Å². The highest BCUT2D eigenvalue weighted by Gasteiger charge is 2.19. The fraction of sp³-hybridized carbons (Fsp3) is 0.300. The van der Waals surface area contributed by atoms with Gasteiger partial charge in [-0.05, 0) is 55.3 Å². The molecular weight excluding hydrogens is 314 g/mol. The zero-order valence-electron chi connectivity index (χ0n) is 14.2. The molecule has 0 spiro atoms. The molecule has 128 valence electrons. The van der Waals surface area contributed by atoms with E-state index in [1.54, 1.807) is 31.4 Å². The molecule has 1 N–H and O–H groups in total. The van der Waals surface area contributed by atoms with Crippen molar-refractivity contribution in [3.63, 3.8) is 0 Å². The maximum Gasteiger partial charge on any atom is 0.255 e. The molecule has 1 fully saturated rings. The fourth-order valence-electron chi connectivity index (χ4n) is 3.05. The van der Waals surface area contributed by atoms with Gasteiger partial charge >= 0.3 is 0 Å². The number of methoxy groups -OCH3 is 1. The molecule has 0 saturated carbocycles. The highest BCUT2D eigenvalue weighted by atomic mass is 16.5. The van der Waals surface area contributed by atoms with Crippen molar-refractivity contribution in [2.24, 2.45) is 0 Å². The Morgan fingerprint density at radius 3 is 2.80 bits per heavy atom. The molecule has 0 aliphatic carbocycles. The zero-order chi connectivity index (χ0) is 17.6. The number of piperidine rings is 1. The molecule has 0 bridgehead atoms. The lowest BCUT2D eigenvalue weighted by atomic mass is 10.1. The van der Waals surface area contributed by atoms with Gasteiger partial charge in [0.1, 0.15) is 0 Å². The van der Waals surface area contributed by atoms with E-state index >= 15 is 0 Å². The van der Waals surface area contributed by atoms with Crippen LogP contribution < -0.4 is 10.2 Å². The summed E-state index contributed by atoms with van der Waals surface area (Å²) >= 11 is 0. The number of carbonyl (C=O) groups is 1. The van der Waals surface area contributed by atoms with Gasteiger partial charge in [-0.3, -0.25) is 4.79 Å². The van der Waals surface area contributed by atoms with Crippen LogP contribution in [0.3, 0.4) is 0 Å². The van der Waals surface area contributed by atoms with Gasteiger partial charge in [0.05, 0.1) is 17.7 Å². The lowest BCUT2D eigenvalue weighted by Gasteiger charge is -2.33. The van der Waals surface area contributed by atoms with Gasteiger partial charge in [-0.2, -0.15) is 5.26 Å². The highest BCUT2D eigenvalue weighted by molar-refractivity contribution is 6.04. The molecular formula is C20H21N3O2. The second kappa shape index (κ2) is 7.82. The summed E-state index contributed by atoms with van der Waals surface area (Å²) in [6.45, 7) is 1.91. The largest absolute Gasteiger partial charge is 0.380 e. The number of nitriles is 1. The molecule has 5 nitrogen and oxygen atoms in total. The van der Waals surface area contributed by atoms with Crippen LogP contribution in [0.2, 0.25) is 0 Å². The first kappa shape index (κ1) is 17.0. The minimum Gasteiger partial charge on any atom is -0.380 e. The average Bonchev–Trinajstić information content (AvgIpc) is 2.68. The summed E-state index contributed by atoms with van der Waals surface area (Å²) in [4.78, 5) is 14.6. The third-order valence-corrected chi connectivity index (χ3v) is 4.46. The van der Waals surface area contributed by atoms with Gasteiger partial charge in [0.2, 0.25) is 0 Å². The van der Waals surface area contributed by atoms with Crippen LogP contribution in [0, 0.1) is 11.3 Å². The SMILES string of the molecule is CO[C@@H]1CCCN(c2ccc(NC(=O)c3cccc(C#N)c3)cc2)C1. The first-order chi connectivity index (χ1) is 12.2. The van der Waals surface area contributed by atoms with Crippen LogP contribution in [-0.2, 0) is 4.74 Å². The monoisotopic (exact) mass is 335 g/mol. The number of benzene rings is 2. The Bertz CT molecular complexity index is 780. The molecule has 1 aliphatic heterocycles. The molecule has 3 rings (SSSR count). The van der Waals surface area contributed by atoms with Crippen LogP contribution >= 0.6 is 0 Å². The van der Waals surface area contributed by atoms with E-state index in [4.69, 9.17) is 10.00 Å². The Morgan fingerprint density at radius 2 is 2.08 bits per heavy atom. The Balaban J connectivity index is 1.66. The molecule has 5 heteroatoms. The number of anilines is 2. The van der Waals surface area contributed by atoms with Crippen LogP contribution in [0.4, 0.5) is 11.4 Å². The predicted molar refractivity (Wildman–Crippen MR) is 97.8 cm³/mol. The minimum atomic E-state index is -0.220. The van der Waals surface area contributed by atoms with Gasteiger partial charge in [0.25, 0.3) is 5.91 Å². The van der Waals surface area contributed by atoms with Crippen molar-refractivity contribution in [1.29, 1.82) is 5.26 Å². The van der Waals surface area contributed by atoms with Gasteiger partial charge in [0.15, 0.2) is 0 Å². The van der Waals surface area contributed by atoms with Crippen LogP contribution in [-0.4, -0.2) is 32.2 Å². The summed E-state index contributed by atoms with van der Waals surface area (Å²) in [5.41, 5.74) is 2.81. The summed E-state index contributed by atoms with van der Waals surface area (Å²) in [6.07, 6.45) is 2.50. The van der Waals surface area contributed by atoms with E-state index in [2.05, 4.69) is 10.2 Å². The van der Waals surface area contributed by atoms with Crippen molar-refractivity contribution >= 4 is 17.3 Å². The van der Waals surface area contributed by atoms with E-state index in [0.717, 1.165) is 37.3 Å². The number of hydrogen-bond acceptors (Lipinski definition) is 4. The number of amides is 1. The van der Waals surface area contributed by atoms with Crippen LogP contribution in [0.15, 0.2) is 48.5 Å². The lowest BCUT2D eigenvalue weighted by molar-refractivity contribution is 0.0893. The quantitative estimate of drug-likeness (QED) is 0.930. The predicted octanol–water partition coefficient (Wildman–Crippen LogP) is 3.43. The number of rotatable bonds is 4. The molecule has 1 heterocycles. The average molecular weight is 335 g/mol. The first-order valence-electron chi connectivity index (χ1n) is 8.39. The molecule has 25 heavy (non-hydrogen) atoms. The van der Waals surface area contributed by atoms with Crippen molar-refractivity contribution < 1.29 is 9.53 Å². The van der Waals surface area contributed by atoms with Gasteiger partial charge in [-0.25, -0.2) is 0 Å². The fourth-order valence-corrected chi connectivity index (χ4v) is 3.05. The number of carbonyl (C=O) groups excluding carboxylic acids is 1. The Morgan fingerprint density at radius 1 is 1.28 bits per heavy atom. The summed E-state index contributed by atoms with van der Waals surface area (Å²) in [6, 6.07) is 16.5. The molecule has 2 aromatic carbocycles. The molecule has 0 unspecified atom stereocenters. The maximum atomic E-state index is 12.3. The van der Waals surface area contributed by atoms with E-state index in [1.807, 2.05) is 30.3 Å². The first-order valence-corrected chi connectivity index (χ1v) is 8.39. The second-order valence-electron chi connectivity index (χ2n) is 6.14. The summed E-state index contributed by atoms with van der Waals surface area (Å²) in [5.74, 6) is -0.220. The van der Waals surface area contributed by atoms with E-state index in [0.29, 0.717) is 11.1 Å². The number of nitrogens with one attached hydrogen (secondary N) is 1. The molecule has 1 saturated heterocycles. The molecule has 1 amide bonds. The standard InChI is InChI=1S/C20H21N3O2/c1-25-19-6-3-11-23(14-19)18-9-7-17(8-10-18)22-20(24)16-5-2-4-15(12-16)13-21/h2,4-5,7-10,12,19H,3,6,11,14H2,1H3,(H,22,24)/t19-/m1/s1. The minimum absolute atomic E-state index is 0.220. The summed E-state index contributed by atoms with van der Waals surface area (Å²) in [5, 5.41) is 11.8. The van der Waals surface area contributed by atoms with E-state index in [9.17, 15) is 4.79 Å². The lowest BCUT2D eigenvalue weighted by Crippen LogP contribution is -2.39. The van der Waals surface area contributed by atoms with Crippen molar-refractivity contribution in [3.05, 3.63) is 59.7 Å². The van der Waals surface area contributed by atoms with E-state index in [1.165, 1.54) is 0 Å². The molecule has 1 aliphatic rings. The van der Waals surface area contributed by atoms with Gasteiger partial charge in [-0.1, -0.05) is 6.07 Å². The third-order valence-electron chi connectivity index (χ3n) is 4.46. The number of ether oxygens (including phenoxy) is 1. The molecule has 0 aromatic heterocycles. The van der Waals surface area contributed by atoms with Crippen molar-refractivity contribution in [2.75, 3.05) is 30.4 Å².